The summed E-state index contributed by atoms with van der Waals surface area (Å²) in [5.41, 5.74) is 0. The minimum Gasteiger partial charge on any atom is -0.392 e. The molecule has 0 aromatic rings. The first-order valence-corrected chi connectivity index (χ1v) is 2.70. The molecule has 3 nitrogen and oxygen atoms in total. The van der Waals surface area contributed by atoms with Crippen LogP contribution in [0, 0.1) is 0 Å². The Kier molecular flexibility index (Phi) is 3.77. The van der Waals surface area contributed by atoms with Crippen molar-refractivity contribution in [2.75, 3.05) is 6.73 Å². The quantitative estimate of drug-likeness (QED) is 0.430. The van der Waals surface area contributed by atoms with Gasteiger partial charge in [-0.3, -0.25) is 5.32 Å². The number of hydrogen-bond donors (Lipinski definition) is 3. The van der Waals surface area contributed by atoms with E-state index in [1.807, 2.05) is 0 Å². The molecule has 0 aromatic carbocycles. The minimum atomic E-state index is -0.401. The fourth-order valence-electron chi connectivity index (χ4n) is 0.315. The molecule has 50 valence electrons. The van der Waals surface area contributed by atoms with Crippen LogP contribution < -0.4 is 5.32 Å². The fraction of sp³-hybridized carbons (Fsp3) is 1.00. The first kappa shape index (κ1) is 7.88. The van der Waals surface area contributed by atoms with E-state index >= 15 is 0 Å². The molecule has 0 rings (SSSR count). The molecule has 2 atom stereocenters. The summed E-state index contributed by atoms with van der Waals surface area (Å²) in [6.45, 7) is 3.40. The summed E-state index contributed by atoms with van der Waals surface area (Å²) < 4.78 is 0. The summed E-state index contributed by atoms with van der Waals surface area (Å²) >= 11 is 0. The second-order valence-corrected chi connectivity index (χ2v) is 1.89. The van der Waals surface area contributed by atoms with Gasteiger partial charge in [0, 0.05) is 6.04 Å². The highest BCUT2D eigenvalue weighted by Crippen LogP contribution is 1.87. The molecule has 0 aliphatic carbocycles. The minimum absolute atomic E-state index is 0.0278. The molecule has 2 unspecified atom stereocenters. The fourth-order valence-corrected chi connectivity index (χ4v) is 0.315. The molecule has 0 bridgehead atoms. The molecular weight excluding hydrogens is 106 g/mol. The third-order valence-electron chi connectivity index (χ3n) is 1.14. The normalized spacial score (nSPS) is 18.0. The average Bonchev–Trinajstić information content (AvgIpc) is 1.67. The Morgan fingerprint density at radius 3 is 2.12 bits per heavy atom. The lowest BCUT2D eigenvalue weighted by Crippen LogP contribution is -2.35. The topological polar surface area (TPSA) is 52.5 Å². The van der Waals surface area contributed by atoms with Crippen molar-refractivity contribution >= 4 is 0 Å². The predicted molar refractivity (Wildman–Crippen MR) is 31.4 cm³/mol. The van der Waals surface area contributed by atoms with Crippen LogP contribution in [0.25, 0.3) is 0 Å². The maximum Gasteiger partial charge on any atom is 0.0934 e. The van der Waals surface area contributed by atoms with Crippen LogP contribution in [0.15, 0.2) is 0 Å². The number of aliphatic hydroxyl groups excluding tert-OH is 2. The van der Waals surface area contributed by atoms with Crippen molar-refractivity contribution in [3.05, 3.63) is 0 Å². The maximum absolute atomic E-state index is 8.78. The van der Waals surface area contributed by atoms with E-state index in [1.54, 1.807) is 13.8 Å². The van der Waals surface area contributed by atoms with Crippen molar-refractivity contribution in [3.8, 4) is 0 Å². The second kappa shape index (κ2) is 3.83. The zero-order valence-electron chi connectivity index (χ0n) is 5.26. The standard InChI is InChI=1S/C5H13NO2/c1-4(5(2)8)6-3-7/h4-8H,3H2,1-2H3. The van der Waals surface area contributed by atoms with Gasteiger partial charge in [-0.25, -0.2) is 0 Å². The Hall–Kier alpha value is -0.120. The highest BCUT2D eigenvalue weighted by Gasteiger charge is 2.04. The lowest BCUT2D eigenvalue weighted by atomic mass is 10.2. The summed E-state index contributed by atoms with van der Waals surface area (Å²) in [6, 6.07) is -0.0278. The van der Waals surface area contributed by atoms with Crippen molar-refractivity contribution in [1.82, 2.24) is 5.32 Å². The van der Waals surface area contributed by atoms with Crippen LogP contribution in [0.2, 0.25) is 0 Å². The molecule has 8 heavy (non-hydrogen) atoms. The summed E-state index contributed by atoms with van der Waals surface area (Å²) in [5, 5.41) is 19.7. The van der Waals surface area contributed by atoms with Gasteiger partial charge >= 0.3 is 0 Å². The van der Waals surface area contributed by atoms with Gasteiger partial charge in [0.2, 0.25) is 0 Å². The number of aliphatic hydroxyl groups is 2. The molecule has 0 heterocycles. The number of hydrogen-bond acceptors (Lipinski definition) is 3. The lowest BCUT2D eigenvalue weighted by Gasteiger charge is -2.13. The maximum atomic E-state index is 8.78. The van der Waals surface area contributed by atoms with Crippen LogP contribution in [-0.2, 0) is 0 Å². The summed E-state index contributed by atoms with van der Waals surface area (Å²) in [6.07, 6.45) is -0.401. The molecule has 0 saturated carbocycles. The first-order valence-electron chi connectivity index (χ1n) is 2.70. The van der Waals surface area contributed by atoms with E-state index < -0.39 is 6.10 Å². The van der Waals surface area contributed by atoms with Crippen molar-refractivity contribution < 1.29 is 10.2 Å². The van der Waals surface area contributed by atoms with E-state index in [4.69, 9.17) is 10.2 Å². The van der Waals surface area contributed by atoms with E-state index in [9.17, 15) is 0 Å². The van der Waals surface area contributed by atoms with Gasteiger partial charge in [-0.05, 0) is 13.8 Å². The summed E-state index contributed by atoms with van der Waals surface area (Å²) in [4.78, 5) is 0. The molecule has 0 saturated heterocycles. The van der Waals surface area contributed by atoms with Gasteiger partial charge in [-0.1, -0.05) is 0 Å². The summed E-state index contributed by atoms with van der Waals surface area (Å²) in [7, 11) is 0. The predicted octanol–water partition coefficient (Wildman–Crippen LogP) is -0.705. The highest BCUT2D eigenvalue weighted by atomic mass is 16.3. The molecular formula is C5H13NO2. The highest BCUT2D eigenvalue weighted by molar-refractivity contribution is 4.62. The molecule has 0 aromatic heterocycles. The molecule has 0 amide bonds. The Bertz CT molecular complexity index is 56.4. The largest absolute Gasteiger partial charge is 0.392 e. The summed E-state index contributed by atoms with van der Waals surface area (Å²) in [5.74, 6) is 0. The molecule has 3 heteroatoms. The van der Waals surface area contributed by atoms with Crippen LogP contribution in [0.3, 0.4) is 0 Å². The van der Waals surface area contributed by atoms with Crippen molar-refractivity contribution in [1.29, 1.82) is 0 Å². The molecule has 3 N–H and O–H groups in total. The Labute approximate surface area is 49.3 Å². The molecule has 0 spiro atoms. The van der Waals surface area contributed by atoms with Crippen LogP contribution >= 0.6 is 0 Å². The first-order chi connectivity index (χ1) is 3.68. The number of rotatable bonds is 3. The zero-order valence-corrected chi connectivity index (χ0v) is 5.26. The monoisotopic (exact) mass is 119 g/mol. The van der Waals surface area contributed by atoms with E-state index in [-0.39, 0.29) is 12.8 Å². The van der Waals surface area contributed by atoms with Crippen LogP contribution in [-0.4, -0.2) is 29.1 Å². The lowest BCUT2D eigenvalue weighted by molar-refractivity contribution is 0.129. The van der Waals surface area contributed by atoms with Gasteiger partial charge in [0.15, 0.2) is 0 Å². The van der Waals surface area contributed by atoms with Gasteiger partial charge in [-0.2, -0.15) is 0 Å². The van der Waals surface area contributed by atoms with Gasteiger partial charge < -0.3 is 10.2 Å². The Morgan fingerprint density at radius 1 is 1.50 bits per heavy atom. The van der Waals surface area contributed by atoms with Crippen LogP contribution in [0.1, 0.15) is 13.8 Å². The van der Waals surface area contributed by atoms with Crippen molar-refractivity contribution in [2.45, 2.75) is 26.0 Å². The molecule has 0 radical (unpaired) electrons. The van der Waals surface area contributed by atoms with E-state index in [0.717, 1.165) is 0 Å². The number of nitrogens with one attached hydrogen (secondary N) is 1. The molecule has 0 aliphatic rings. The van der Waals surface area contributed by atoms with Crippen molar-refractivity contribution in [2.24, 2.45) is 0 Å². The van der Waals surface area contributed by atoms with E-state index in [1.165, 1.54) is 0 Å². The molecule has 0 fully saturated rings. The van der Waals surface area contributed by atoms with Gasteiger partial charge in [0.25, 0.3) is 0 Å². The average molecular weight is 119 g/mol. The van der Waals surface area contributed by atoms with Gasteiger partial charge in [0.1, 0.15) is 0 Å². The van der Waals surface area contributed by atoms with Crippen LogP contribution in [0.5, 0.6) is 0 Å². The van der Waals surface area contributed by atoms with Gasteiger partial charge in [0.05, 0.1) is 12.8 Å². The zero-order chi connectivity index (χ0) is 6.57. The van der Waals surface area contributed by atoms with Gasteiger partial charge in [-0.15, -0.1) is 0 Å². The van der Waals surface area contributed by atoms with Crippen LogP contribution in [0.4, 0.5) is 0 Å². The second-order valence-electron chi connectivity index (χ2n) is 1.89. The Morgan fingerprint density at radius 2 is 2.00 bits per heavy atom. The van der Waals surface area contributed by atoms with E-state index in [0.29, 0.717) is 0 Å². The van der Waals surface area contributed by atoms with Crippen molar-refractivity contribution in [3.63, 3.8) is 0 Å². The smallest absolute Gasteiger partial charge is 0.0934 e. The Balaban J connectivity index is 3.17. The SMILES string of the molecule is CC(O)C(C)NCO. The third-order valence-corrected chi connectivity index (χ3v) is 1.14. The third kappa shape index (κ3) is 2.96. The van der Waals surface area contributed by atoms with E-state index in [2.05, 4.69) is 5.32 Å². The molecule has 0 aliphatic heterocycles.